The van der Waals surface area contributed by atoms with Gasteiger partial charge in [-0.05, 0) is 24.8 Å². The first kappa shape index (κ1) is 22.6. The molecule has 2 rings (SSSR count). The molecule has 1 heterocycles. The van der Waals surface area contributed by atoms with Gasteiger partial charge in [-0.2, -0.15) is 0 Å². The Morgan fingerprint density at radius 3 is 2.15 bits per heavy atom. The normalized spacial score (nSPS) is 15.9. The lowest BCUT2D eigenvalue weighted by atomic mass is 9.88. The molecule has 1 aliphatic heterocycles. The summed E-state index contributed by atoms with van der Waals surface area (Å²) in [5.74, 6) is -3.87. The van der Waals surface area contributed by atoms with Crippen LogP contribution in [-0.2, 0) is 25.7 Å². The number of aliphatic carboxylic acids is 2. The van der Waals surface area contributed by atoms with Gasteiger partial charge in [-0.1, -0.05) is 43.7 Å². The smallest absolute Gasteiger partial charge is 0.414 e. The zero-order valence-electron chi connectivity index (χ0n) is 15.6. The summed E-state index contributed by atoms with van der Waals surface area (Å²) in [5.41, 5.74) is 6.75. The number of hydrogen-bond acceptors (Lipinski definition) is 6. The zero-order valence-corrected chi connectivity index (χ0v) is 15.6. The second kappa shape index (κ2) is 11.3. The Labute approximate surface area is 158 Å². The predicted molar refractivity (Wildman–Crippen MR) is 99.0 cm³/mol. The van der Waals surface area contributed by atoms with Crippen molar-refractivity contribution in [3.8, 4) is 0 Å². The van der Waals surface area contributed by atoms with Crippen molar-refractivity contribution in [2.75, 3.05) is 19.7 Å². The Hall–Kier alpha value is -2.45. The van der Waals surface area contributed by atoms with E-state index < -0.39 is 17.5 Å². The van der Waals surface area contributed by atoms with Crippen LogP contribution in [0.15, 0.2) is 30.3 Å². The summed E-state index contributed by atoms with van der Waals surface area (Å²) in [5, 5.41) is 14.8. The predicted octanol–water partition coefficient (Wildman–Crippen LogP) is 1.48. The number of carboxylic acids is 2. The lowest BCUT2D eigenvalue weighted by Gasteiger charge is -2.37. The average Bonchev–Trinajstić information content (AvgIpc) is 2.65. The first-order valence-electron chi connectivity index (χ1n) is 8.97. The topological polar surface area (TPSA) is 130 Å². The van der Waals surface area contributed by atoms with Gasteiger partial charge in [0.05, 0.1) is 6.61 Å². The molecule has 0 atom stereocenters. The van der Waals surface area contributed by atoms with E-state index in [2.05, 4.69) is 36.1 Å². The van der Waals surface area contributed by atoms with Crippen LogP contribution in [0.4, 0.5) is 0 Å². The molecule has 0 bridgehead atoms. The molecule has 1 aromatic rings. The summed E-state index contributed by atoms with van der Waals surface area (Å²) in [6.07, 6.45) is 3.27. The van der Waals surface area contributed by atoms with Gasteiger partial charge in [0, 0.05) is 19.6 Å². The van der Waals surface area contributed by atoms with Crippen LogP contribution in [-0.4, -0.2) is 58.3 Å². The third-order valence-electron chi connectivity index (χ3n) is 4.32. The third-order valence-corrected chi connectivity index (χ3v) is 4.32. The number of unbranched alkanes of at least 4 members (excludes halogenated alkanes) is 1. The van der Waals surface area contributed by atoms with E-state index in [-0.39, 0.29) is 5.97 Å². The largest absolute Gasteiger partial charge is 0.473 e. The molecule has 0 aliphatic carbocycles. The van der Waals surface area contributed by atoms with Crippen molar-refractivity contribution in [2.24, 2.45) is 5.73 Å². The summed E-state index contributed by atoms with van der Waals surface area (Å²) >= 11 is 0. The number of hydrogen-bond donors (Lipinski definition) is 3. The Kier molecular flexibility index (Phi) is 9.46. The van der Waals surface area contributed by atoms with E-state index in [1.165, 1.54) is 5.56 Å². The zero-order chi connectivity index (χ0) is 20.3. The van der Waals surface area contributed by atoms with E-state index in [0.717, 1.165) is 32.5 Å². The molecule has 0 spiro atoms. The minimum atomic E-state index is -1.82. The highest BCUT2D eigenvalue weighted by Crippen LogP contribution is 2.22. The fraction of sp³-hybridized carbons (Fsp3) is 0.526. The van der Waals surface area contributed by atoms with Crippen LogP contribution in [0.25, 0.3) is 0 Å². The van der Waals surface area contributed by atoms with E-state index in [1.54, 1.807) is 0 Å². The highest BCUT2D eigenvalue weighted by Gasteiger charge is 2.38. The van der Waals surface area contributed by atoms with Crippen molar-refractivity contribution in [3.05, 3.63) is 35.9 Å². The fourth-order valence-electron chi connectivity index (χ4n) is 2.61. The van der Waals surface area contributed by atoms with Crippen LogP contribution in [0, 0.1) is 0 Å². The molecule has 0 saturated carbocycles. The second-order valence-corrected chi connectivity index (χ2v) is 6.52. The second-order valence-electron chi connectivity index (χ2n) is 6.52. The highest BCUT2D eigenvalue weighted by atomic mass is 16.5. The van der Waals surface area contributed by atoms with Crippen molar-refractivity contribution in [3.63, 3.8) is 0 Å². The lowest BCUT2D eigenvalue weighted by molar-refractivity contribution is -0.159. The van der Waals surface area contributed by atoms with Crippen LogP contribution in [0.3, 0.4) is 0 Å². The van der Waals surface area contributed by atoms with Gasteiger partial charge in [-0.25, -0.2) is 9.59 Å². The van der Waals surface area contributed by atoms with Crippen molar-refractivity contribution in [1.29, 1.82) is 0 Å². The van der Waals surface area contributed by atoms with Crippen molar-refractivity contribution in [2.45, 2.75) is 44.7 Å². The minimum absolute atomic E-state index is 0.227. The molecule has 27 heavy (non-hydrogen) atoms. The van der Waals surface area contributed by atoms with E-state index >= 15 is 0 Å². The minimum Gasteiger partial charge on any atom is -0.473 e. The molecule has 0 aromatic heterocycles. The van der Waals surface area contributed by atoms with Crippen molar-refractivity contribution < 1.29 is 29.3 Å². The first-order valence-corrected chi connectivity index (χ1v) is 8.97. The van der Waals surface area contributed by atoms with Crippen LogP contribution >= 0.6 is 0 Å². The van der Waals surface area contributed by atoms with Crippen LogP contribution in [0.5, 0.6) is 0 Å². The number of carbonyl (C=O) groups excluding carboxylic acids is 1. The molecule has 1 aliphatic rings. The molecule has 4 N–H and O–H groups in total. The van der Waals surface area contributed by atoms with Gasteiger partial charge < -0.3 is 20.7 Å². The SMILES string of the molecule is CCCCOC(=O)C1(N)CCN(Cc2ccccc2)CC1.O=C(O)C(=O)O. The molecule has 0 amide bonds. The van der Waals surface area contributed by atoms with Crippen LogP contribution < -0.4 is 5.73 Å². The Morgan fingerprint density at radius 1 is 1.11 bits per heavy atom. The number of likely N-dealkylation sites (tertiary alicyclic amines) is 1. The van der Waals surface area contributed by atoms with E-state index in [1.807, 2.05) is 6.07 Å². The molecule has 8 heteroatoms. The first-order chi connectivity index (χ1) is 12.8. The number of carbonyl (C=O) groups is 3. The van der Waals surface area contributed by atoms with Gasteiger partial charge in [0.1, 0.15) is 5.54 Å². The highest BCUT2D eigenvalue weighted by molar-refractivity contribution is 6.27. The van der Waals surface area contributed by atoms with E-state index in [4.69, 9.17) is 30.3 Å². The molecular formula is C19H28N2O6. The molecule has 0 unspecified atom stereocenters. The fourth-order valence-corrected chi connectivity index (χ4v) is 2.61. The number of benzene rings is 1. The lowest BCUT2D eigenvalue weighted by Crippen LogP contribution is -2.56. The number of piperidine rings is 1. The molecule has 150 valence electrons. The standard InChI is InChI=1S/C17H26N2O2.C2H2O4/c1-2-3-13-21-16(20)17(18)9-11-19(12-10-17)14-15-7-5-4-6-8-15;3-1(4)2(5)6/h4-8H,2-3,9-14,18H2,1H3;(H,3,4)(H,5,6). The number of ether oxygens (including phenoxy) is 1. The van der Waals surface area contributed by atoms with Gasteiger partial charge >= 0.3 is 17.9 Å². The summed E-state index contributed by atoms with van der Waals surface area (Å²) in [6, 6.07) is 10.4. The maximum absolute atomic E-state index is 12.1. The summed E-state index contributed by atoms with van der Waals surface area (Å²) in [7, 11) is 0. The summed E-state index contributed by atoms with van der Waals surface area (Å²) in [6.45, 7) is 5.17. The average molecular weight is 380 g/mol. The number of esters is 1. The Bertz CT molecular complexity index is 600. The number of nitrogens with zero attached hydrogens (tertiary/aromatic N) is 1. The van der Waals surface area contributed by atoms with Crippen LogP contribution in [0.2, 0.25) is 0 Å². The Morgan fingerprint density at radius 2 is 1.67 bits per heavy atom. The molecule has 1 fully saturated rings. The van der Waals surface area contributed by atoms with Crippen molar-refractivity contribution >= 4 is 17.9 Å². The molecule has 1 saturated heterocycles. The summed E-state index contributed by atoms with van der Waals surface area (Å²) in [4.78, 5) is 32.6. The monoisotopic (exact) mass is 380 g/mol. The quantitative estimate of drug-likeness (QED) is 0.384. The van der Waals surface area contributed by atoms with Gasteiger partial charge in [-0.15, -0.1) is 0 Å². The number of carboxylic acid groups (broad SMARTS) is 2. The van der Waals surface area contributed by atoms with Crippen LogP contribution in [0.1, 0.15) is 38.2 Å². The third kappa shape index (κ3) is 8.19. The van der Waals surface area contributed by atoms with Gasteiger partial charge in [0.2, 0.25) is 0 Å². The molecular weight excluding hydrogens is 352 g/mol. The van der Waals surface area contributed by atoms with Gasteiger partial charge in [-0.3, -0.25) is 9.69 Å². The Balaban J connectivity index is 0.000000527. The maximum atomic E-state index is 12.1. The molecule has 0 radical (unpaired) electrons. The van der Waals surface area contributed by atoms with E-state index in [9.17, 15) is 4.79 Å². The number of nitrogens with two attached hydrogens (primary N) is 1. The van der Waals surface area contributed by atoms with E-state index in [0.29, 0.717) is 19.4 Å². The van der Waals surface area contributed by atoms with Gasteiger partial charge in [0.25, 0.3) is 0 Å². The number of rotatable bonds is 6. The maximum Gasteiger partial charge on any atom is 0.414 e. The molecule has 8 nitrogen and oxygen atoms in total. The van der Waals surface area contributed by atoms with Gasteiger partial charge in [0.15, 0.2) is 0 Å². The van der Waals surface area contributed by atoms with Crippen molar-refractivity contribution in [1.82, 2.24) is 4.90 Å². The molecule has 1 aromatic carbocycles. The summed E-state index contributed by atoms with van der Waals surface area (Å²) < 4.78 is 5.30.